The molecule has 188 valence electrons. The Hall–Kier alpha value is -3.98. The van der Waals surface area contributed by atoms with Gasteiger partial charge in [-0.25, -0.2) is 9.78 Å². The lowest BCUT2D eigenvalue weighted by atomic mass is 9.99. The highest BCUT2D eigenvalue weighted by molar-refractivity contribution is 5.98. The quantitative estimate of drug-likeness (QED) is 0.549. The zero-order valence-electron chi connectivity index (χ0n) is 20.7. The summed E-state index contributed by atoms with van der Waals surface area (Å²) in [7, 11) is 1.70. The van der Waals surface area contributed by atoms with E-state index in [1.165, 1.54) is 0 Å². The van der Waals surface area contributed by atoms with E-state index in [1.807, 2.05) is 49.4 Å². The maximum Gasteiger partial charge on any atom is 0.321 e. The average Bonchev–Trinajstić information content (AvgIpc) is 2.91. The maximum absolute atomic E-state index is 13.6. The minimum Gasteiger partial charge on any atom is -0.472 e. The Morgan fingerprint density at radius 3 is 2.69 bits per heavy atom. The van der Waals surface area contributed by atoms with Crippen LogP contribution in [0.3, 0.4) is 0 Å². The summed E-state index contributed by atoms with van der Waals surface area (Å²) < 4.78 is 6.28. The number of amides is 3. The zero-order chi connectivity index (χ0) is 25.7. The first-order chi connectivity index (χ1) is 17.4. The molecule has 3 heterocycles. The van der Waals surface area contributed by atoms with Gasteiger partial charge in [0.1, 0.15) is 11.7 Å². The van der Waals surface area contributed by atoms with Crippen LogP contribution in [-0.4, -0.2) is 75.7 Å². The second kappa shape index (κ2) is 11.2. The number of ether oxygens (including phenoxy) is 1. The topological polar surface area (TPSA) is 108 Å². The molecular weight excluding hydrogens is 458 g/mol. The number of nitrogens with zero attached hydrogens (tertiary/aromatic N) is 4. The van der Waals surface area contributed by atoms with E-state index in [1.54, 1.807) is 48.4 Å². The third-order valence-electron chi connectivity index (χ3n) is 6.34. The van der Waals surface area contributed by atoms with E-state index in [0.29, 0.717) is 17.8 Å². The summed E-state index contributed by atoms with van der Waals surface area (Å²) >= 11 is 0. The Morgan fingerprint density at radius 2 is 2.00 bits per heavy atom. The number of aromatic nitrogens is 2. The number of para-hydroxylation sites is 1. The summed E-state index contributed by atoms with van der Waals surface area (Å²) in [5, 5.41) is 12.7. The third-order valence-corrected chi connectivity index (χ3v) is 6.34. The standard InChI is InChI=1S/C27H31N5O4/c1-18-15-32(19(2)17-33)26(34)23-12-21(20-8-7-11-28-13-20)14-29-25(23)36-24(18)16-31(3)27(35)30-22-9-5-4-6-10-22/h4-14,18-19,24,33H,15-17H2,1-3H3,(H,30,35)/t18-,19-,24+/m1/s1. The second-order valence-corrected chi connectivity index (χ2v) is 9.12. The molecule has 2 aromatic heterocycles. The van der Waals surface area contributed by atoms with Crippen LogP contribution in [0.15, 0.2) is 67.1 Å². The van der Waals surface area contributed by atoms with Gasteiger partial charge in [0.05, 0.1) is 19.2 Å². The van der Waals surface area contributed by atoms with Gasteiger partial charge in [-0.2, -0.15) is 0 Å². The van der Waals surface area contributed by atoms with E-state index >= 15 is 0 Å². The predicted molar refractivity (Wildman–Crippen MR) is 137 cm³/mol. The highest BCUT2D eigenvalue weighted by Crippen LogP contribution is 2.30. The molecule has 1 aliphatic rings. The van der Waals surface area contributed by atoms with Gasteiger partial charge in [0.25, 0.3) is 5.91 Å². The van der Waals surface area contributed by atoms with Crippen molar-refractivity contribution < 1.29 is 19.4 Å². The highest BCUT2D eigenvalue weighted by Gasteiger charge is 2.34. The molecule has 0 bridgehead atoms. The van der Waals surface area contributed by atoms with Crippen molar-refractivity contribution >= 4 is 17.6 Å². The van der Waals surface area contributed by atoms with Gasteiger partial charge >= 0.3 is 6.03 Å². The molecule has 1 aromatic carbocycles. The van der Waals surface area contributed by atoms with Crippen LogP contribution in [0.2, 0.25) is 0 Å². The summed E-state index contributed by atoms with van der Waals surface area (Å²) in [6.07, 6.45) is 4.60. The number of pyridine rings is 2. The van der Waals surface area contributed by atoms with Gasteiger partial charge in [-0.05, 0) is 31.2 Å². The number of urea groups is 1. The molecule has 3 atom stereocenters. The number of rotatable bonds is 6. The van der Waals surface area contributed by atoms with Gasteiger partial charge in [0.2, 0.25) is 5.88 Å². The Morgan fingerprint density at radius 1 is 1.22 bits per heavy atom. The van der Waals surface area contributed by atoms with E-state index < -0.39 is 12.1 Å². The molecule has 0 unspecified atom stereocenters. The molecule has 0 fully saturated rings. The molecular formula is C27H31N5O4. The molecule has 4 rings (SSSR count). The first kappa shape index (κ1) is 25.1. The molecule has 0 radical (unpaired) electrons. The first-order valence-electron chi connectivity index (χ1n) is 11.9. The maximum atomic E-state index is 13.6. The van der Waals surface area contributed by atoms with Crippen molar-refractivity contribution in [2.45, 2.75) is 26.0 Å². The lowest BCUT2D eigenvalue weighted by Crippen LogP contribution is -2.50. The van der Waals surface area contributed by atoms with E-state index in [2.05, 4.69) is 15.3 Å². The van der Waals surface area contributed by atoms with Crippen LogP contribution in [-0.2, 0) is 0 Å². The first-order valence-corrected chi connectivity index (χ1v) is 11.9. The fourth-order valence-electron chi connectivity index (χ4n) is 4.10. The lowest BCUT2D eigenvalue weighted by molar-refractivity contribution is 0.0356. The fraction of sp³-hybridized carbons (Fsp3) is 0.333. The average molecular weight is 490 g/mol. The number of benzene rings is 1. The van der Waals surface area contributed by atoms with E-state index in [0.717, 1.165) is 11.1 Å². The molecule has 0 saturated heterocycles. The highest BCUT2D eigenvalue weighted by atomic mass is 16.5. The van der Waals surface area contributed by atoms with Gasteiger partial charge in [0.15, 0.2) is 0 Å². The minimum atomic E-state index is -0.437. The van der Waals surface area contributed by atoms with Gasteiger partial charge in [-0.15, -0.1) is 0 Å². The number of carbonyl (C=O) groups excluding carboxylic acids is 2. The van der Waals surface area contributed by atoms with Gasteiger partial charge in [-0.1, -0.05) is 31.2 Å². The summed E-state index contributed by atoms with van der Waals surface area (Å²) in [5.74, 6) is -0.190. The monoisotopic (exact) mass is 489 g/mol. The van der Waals surface area contributed by atoms with Crippen molar-refractivity contribution in [1.82, 2.24) is 19.8 Å². The smallest absolute Gasteiger partial charge is 0.321 e. The number of anilines is 1. The molecule has 9 heteroatoms. The second-order valence-electron chi connectivity index (χ2n) is 9.12. The van der Waals surface area contributed by atoms with Crippen LogP contribution in [0.5, 0.6) is 5.88 Å². The Kier molecular flexibility index (Phi) is 7.80. The number of likely N-dealkylation sites (N-methyl/N-ethyl adjacent to an activating group) is 1. The summed E-state index contributed by atoms with van der Waals surface area (Å²) in [5.41, 5.74) is 2.57. The molecule has 0 aliphatic carbocycles. The predicted octanol–water partition coefficient (Wildman–Crippen LogP) is 3.53. The van der Waals surface area contributed by atoms with E-state index in [9.17, 15) is 14.7 Å². The van der Waals surface area contributed by atoms with Crippen molar-refractivity contribution in [2.24, 2.45) is 5.92 Å². The summed E-state index contributed by atoms with van der Waals surface area (Å²) in [6.45, 7) is 4.23. The van der Waals surface area contributed by atoms with Crippen LogP contribution < -0.4 is 10.1 Å². The van der Waals surface area contributed by atoms with Crippen LogP contribution in [0, 0.1) is 5.92 Å². The van der Waals surface area contributed by atoms with Crippen molar-refractivity contribution in [3.05, 3.63) is 72.7 Å². The SMILES string of the molecule is C[C@@H]1CN([C@H](C)CO)C(=O)c2cc(-c3cccnc3)cnc2O[C@H]1CN(C)C(=O)Nc1ccccc1. The fourth-order valence-corrected chi connectivity index (χ4v) is 4.10. The van der Waals surface area contributed by atoms with Crippen molar-refractivity contribution in [1.29, 1.82) is 0 Å². The Bertz CT molecular complexity index is 1190. The molecule has 9 nitrogen and oxygen atoms in total. The number of hydrogen-bond acceptors (Lipinski definition) is 6. The number of fused-ring (bicyclic) bond motifs is 1. The summed E-state index contributed by atoms with van der Waals surface area (Å²) in [6, 6.07) is 14.0. The largest absolute Gasteiger partial charge is 0.472 e. The number of nitrogens with one attached hydrogen (secondary N) is 1. The molecule has 1 aliphatic heterocycles. The molecule has 3 amide bonds. The summed E-state index contributed by atoms with van der Waals surface area (Å²) in [4.78, 5) is 38.2. The normalized spacial score (nSPS) is 18.3. The van der Waals surface area contributed by atoms with Gasteiger partial charge < -0.3 is 25.0 Å². The number of aliphatic hydroxyl groups is 1. The lowest BCUT2D eigenvalue weighted by Gasteiger charge is -2.37. The number of aliphatic hydroxyl groups excluding tert-OH is 1. The third kappa shape index (κ3) is 5.63. The van der Waals surface area contributed by atoms with Crippen molar-refractivity contribution in [3.8, 4) is 17.0 Å². The Balaban J connectivity index is 1.62. The van der Waals surface area contributed by atoms with Gasteiger partial charge in [0, 0.05) is 54.9 Å². The van der Waals surface area contributed by atoms with E-state index in [4.69, 9.17) is 4.74 Å². The van der Waals surface area contributed by atoms with Crippen LogP contribution in [0.1, 0.15) is 24.2 Å². The van der Waals surface area contributed by atoms with Crippen molar-refractivity contribution in [2.75, 3.05) is 32.1 Å². The van der Waals surface area contributed by atoms with Crippen LogP contribution in [0.4, 0.5) is 10.5 Å². The van der Waals surface area contributed by atoms with Crippen LogP contribution >= 0.6 is 0 Å². The van der Waals surface area contributed by atoms with E-state index in [-0.39, 0.29) is 36.9 Å². The molecule has 3 aromatic rings. The molecule has 0 spiro atoms. The number of carbonyl (C=O) groups is 2. The van der Waals surface area contributed by atoms with Crippen molar-refractivity contribution in [3.63, 3.8) is 0 Å². The number of hydrogen-bond donors (Lipinski definition) is 2. The molecule has 36 heavy (non-hydrogen) atoms. The molecule has 2 N–H and O–H groups in total. The molecule has 0 saturated carbocycles. The zero-order valence-corrected chi connectivity index (χ0v) is 20.7. The van der Waals surface area contributed by atoms with Gasteiger partial charge in [-0.3, -0.25) is 9.78 Å². The minimum absolute atomic E-state index is 0.136. The Labute approximate surface area is 210 Å². The van der Waals surface area contributed by atoms with Crippen LogP contribution in [0.25, 0.3) is 11.1 Å².